The van der Waals surface area contributed by atoms with Crippen molar-refractivity contribution < 1.29 is 4.74 Å². The molecule has 4 nitrogen and oxygen atoms in total. The minimum absolute atomic E-state index is 0.354. The van der Waals surface area contributed by atoms with Crippen LogP contribution < -0.4 is 10.5 Å². The van der Waals surface area contributed by atoms with Crippen molar-refractivity contribution in [3.05, 3.63) is 58.9 Å². The summed E-state index contributed by atoms with van der Waals surface area (Å²) in [5.74, 6) is 1.26. The van der Waals surface area contributed by atoms with Crippen LogP contribution in [0.3, 0.4) is 0 Å². The highest BCUT2D eigenvalue weighted by Crippen LogP contribution is 2.29. The monoisotopic (exact) mass is 287 g/mol. The molecule has 0 radical (unpaired) electrons. The van der Waals surface area contributed by atoms with E-state index >= 15 is 0 Å². The fourth-order valence-electron chi connectivity index (χ4n) is 2.12. The fourth-order valence-corrected chi connectivity index (χ4v) is 2.35. The zero-order chi connectivity index (χ0) is 14.1. The summed E-state index contributed by atoms with van der Waals surface area (Å²) in [6.07, 6.45) is 1.92. The number of benzene rings is 1. The molecule has 0 fully saturated rings. The maximum atomic E-state index is 5.95. The van der Waals surface area contributed by atoms with Gasteiger partial charge in [-0.25, -0.2) is 0 Å². The van der Waals surface area contributed by atoms with Gasteiger partial charge < -0.3 is 10.5 Å². The first-order chi connectivity index (χ1) is 9.69. The third-order valence-corrected chi connectivity index (χ3v) is 3.36. The molecule has 0 aliphatic carbocycles. The number of nitrogens with zero attached hydrogens (tertiary/aromatic N) is 2. The number of fused-ring (bicyclic) bond motifs is 1. The number of imidazole rings is 1. The molecule has 0 saturated carbocycles. The highest BCUT2D eigenvalue weighted by molar-refractivity contribution is 6.30. The van der Waals surface area contributed by atoms with Crippen molar-refractivity contribution in [2.45, 2.75) is 13.5 Å². The molecule has 0 atom stereocenters. The maximum Gasteiger partial charge on any atom is 0.242 e. The van der Waals surface area contributed by atoms with Gasteiger partial charge in [0.05, 0.1) is 0 Å². The average Bonchev–Trinajstić information content (AvgIpc) is 2.79. The lowest BCUT2D eigenvalue weighted by Crippen LogP contribution is -2.02. The fraction of sp³-hybridized carbons (Fsp3) is 0.133. The average molecular weight is 288 g/mol. The van der Waals surface area contributed by atoms with Crippen LogP contribution >= 0.6 is 11.6 Å². The molecule has 0 saturated heterocycles. The van der Waals surface area contributed by atoms with Gasteiger partial charge in [0, 0.05) is 17.8 Å². The van der Waals surface area contributed by atoms with Crippen LogP contribution in [0.2, 0.25) is 5.02 Å². The van der Waals surface area contributed by atoms with E-state index in [1.54, 1.807) is 6.07 Å². The van der Waals surface area contributed by atoms with E-state index in [0.29, 0.717) is 17.4 Å². The van der Waals surface area contributed by atoms with Crippen molar-refractivity contribution in [3.63, 3.8) is 0 Å². The van der Waals surface area contributed by atoms with E-state index in [4.69, 9.17) is 22.1 Å². The first-order valence-electron chi connectivity index (χ1n) is 6.29. The standard InChI is InChI=1S/C15H14ClN3O/c1-10-8-11(16)5-6-13(10)20-15-12(9-17)19-7-3-2-4-14(19)18-15/h2-8H,9,17H2,1H3. The number of pyridine rings is 1. The van der Waals surface area contributed by atoms with E-state index in [0.717, 1.165) is 22.7 Å². The Hall–Kier alpha value is -2.04. The number of hydrogen-bond donors (Lipinski definition) is 1. The second-order valence-corrected chi connectivity index (χ2v) is 4.94. The highest BCUT2D eigenvalue weighted by atomic mass is 35.5. The molecule has 0 spiro atoms. The second-order valence-electron chi connectivity index (χ2n) is 4.51. The summed E-state index contributed by atoms with van der Waals surface area (Å²) >= 11 is 5.95. The number of nitrogens with two attached hydrogens (primary N) is 1. The summed E-state index contributed by atoms with van der Waals surface area (Å²) in [7, 11) is 0. The van der Waals surface area contributed by atoms with Gasteiger partial charge in [0.25, 0.3) is 0 Å². The second kappa shape index (κ2) is 5.15. The van der Waals surface area contributed by atoms with Crippen molar-refractivity contribution in [2.24, 2.45) is 5.73 Å². The molecule has 102 valence electrons. The summed E-state index contributed by atoms with van der Waals surface area (Å²) in [6, 6.07) is 11.3. The number of aromatic nitrogens is 2. The summed E-state index contributed by atoms with van der Waals surface area (Å²) in [6.45, 7) is 2.30. The topological polar surface area (TPSA) is 52.5 Å². The van der Waals surface area contributed by atoms with Gasteiger partial charge in [-0.2, -0.15) is 4.98 Å². The Balaban J connectivity index is 2.06. The van der Waals surface area contributed by atoms with Crippen LogP contribution in [-0.2, 0) is 6.54 Å². The summed E-state index contributed by atoms with van der Waals surface area (Å²) in [4.78, 5) is 4.47. The number of rotatable bonds is 3. The van der Waals surface area contributed by atoms with Gasteiger partial charge in [-0.1, -0.05) is 17.7 Å². The molecule has 0 unspecified atom stereocenters. The minimum atomic E-state index is 0.354. The minimum Gasteiger partial charge on any atom is -0.437 e. The SMILES string of the molecule is Cc1cc(Cl)ccc1Oc1nc2ccccn2c1CN. The smallest absolute Gasteiger partial charge is 0.242 e. The van der Waals surface area contributed by atoms with Gasteiger partial charge in [0.2, 0.25) is 5.88 Å². The molecule has 2 heterocycles. The Morgan fingerprint density at radius 1 is 1.30 bits per heavy atom. The van der Waals surface area contributed by atoms with Crippen LogP contribution in [-0.4, -0.2) is 9.38 Å². The van der Waals surface area contributed by atoms with E-state index in [9.17, 15) is 0 Å². The highest BCUT2D eigenvalue weighted by Gasteiger charge is 2.13. The summed E-state index contributed by atoms with van der Waals surface area (Å²) < 4.78 is 7.83. The molecule has 1 aromatic carbocycles. The van der Waals surface area contributed by atoms with Crippen molar-refractivity contribution in [1.29, 1.82) is 0 Å². The molecular formula is C15H14ClN3O. The summed E-state index contributed by atoms with van der Waals surface area (Å²) in [5.41, 5.74) is 8.43. The predicted molar refractivity (Wildman–Crippen MR) is 79.3 cm³/mol. The predicted octanol–water partition coefficient (Wildman–Crippen LogP) is 3.55. The zero-order valence-electron chi connectivity index (χ0n) is 11.0. The maximum absolute atomic E-state index is 5.95. The number of hydrogen-bond acceptors (Lipinski definition) is 3. The van der Waals surface area contributed by atoms with E-state index in [1.807, 2.05) is 47.9 Å². The molecule has 0 bridgehead atoms. The van der Waals surface area contributed by atoms with Gasteiger partial charge in [-0.05, 0) is 42.8 Å². The number of aryl methyl sites for hydroxylation is 1. The molecule has 5 heteroatoms. The van der Waals surface area contributed by atoms with Gasteiger partial charge in [-0.3, -0.25) is 4.40 Å². The van der Waals surface area contributed by atoms with Crippen LogP contribution in [0.5, 0.6) is 11.6 Å². The number of halogens is 1. The quantitative estimate of drug-likeness (QED) is 0.801. The van der Waals surface area contributed by atoms with E-state index in [1.165, 1.54) is 0 Å². The van der Waals surface area contributed by atoms with E-state index in [-0.39, 0.29) is 0 Å². The molecule has 3 rings (SSSR count). The Bertz CT molecular complexity index is 767. The lowest BCUT2D eigenvalue weighted by atomic mass is 10.2. The van der Waals surface area contributed by atoms with Gasteiger partial charge >= 0.3 is 0 Å². The largest absolute Gasteiger partial charge is 0.437 e. The van der Waals surface area contributed by atoms with Crippen molar-refractivity contribution >= 4 is 17.2 Å². The third kappa shape index (κ3) is 2.24. The molecular weight excluding hydrogens is 274 g/mol. The zero-order valence-corrected chi connectivity index (χ0v) is 11.8. The molecule has 2 N–H and O–H groups in total. The summed E-state index contributed by atoms with van der Waals surface area (Å²) in [5, 5.41) is 0.684. The molecule has 3 aromatic rings. The van der Waals surface area contributed by atoms with Gasteiger partial charge in [0.1, 0.15) is 17.1 Å². The lowest BCUT2D eigenvalue weighted by molar-refractivity contribution is 0.456. The first kappa shape index (κ1) is 13.0. The normalized spacial score (nSPS) is 10.9. The van der Waals surface area contributed by atoms with Crippen LogP contribution in [0.15, 0.2) is 42.6 Å². The van der Waals surface area contributed by atoms with Crippen LogP contribution in [0.1, 0.15) is 11.3 Å². The molecule has 0 aliphatic rings. The Morgan fingerprint density at radius 3 is 2.90 bits per heavy atom. The van der Waals surface area contributed by atoms with Gasteiger partial charge in [0.15, 0.2) is 0 Å². The Kier molecular flexibility index (Phi) is 3.34. The first-order valence-corrected chi connectivity index (χ1v) is 6.67. The van der Waals surface area contributed by atoms with E-state index in [2.05, 4.69) is 4.98 Å². The van der Waals surface area contributed by atoms with Crippen molar-refractivity contribution in [3.8, 4) is 11.6 Å². The molecule has 0 amide bonds. The molecule has 0 aliphatic heterocycles. The number of ether oxygens (including phenoxy) is 1. The van der Waals surface area contributed by atoms with Crippen molar-refractivity contribution in [2.75, 3.05) is 0 Å². The Labute approximate surface area is 121 Å². The Morgan fingerprint density at radius 2 is 2.15 bits per heavy atom. The molecule has 20 heavy (non-hydrogen) atoms. The lowest BCUT2D eigenvalue weighted by Gasteiger charge is -2.08. The van der Waals surface area contributed by atoms with Gasteiger partial charge in [-0.15, -0.1) is 0 Å². The third-order valence-electron chi connectivity index (χ3n) is 3.13. The van der Waals surface area contributed by atoms with Crippen LogP contribution in [0.4, 0.5) is 0 Å². The van der Waals surface area contributed by atoms with Crippen LogP contribution in [0, 0.1) is 6.92 Å². The van der Waals surface area contributed by atoms with E-state index < -0.39 is 0 Å². The molecule has 2 aromatic heterocycles. The van der Waals surface area contributed by atoms with Crippen molar-refractivity contribution in [1.82, 2.24) is 9.38 Å². The van der Waals surface area contributed by atoms with Crippen LogP contribution in [0.25, 0.3) is 5.65 Å².